The van der Waals surface area contributed by atoms with Gasteiger partial charge in [0.05, 0.1) is 6.61 Å². The molecule has 154 valence electrons. The van der Waals surface area contributed by atoms with E-state index in [2.05, 4.69) is 39.0 Å². The molecular weight excluding hydrogens is 328 g/mol. The van der Waals surface area contributed by atoms with Gasteiger partial charge in [0.1, 0.15) is 5.75 Å². The number of aryl methyl sites for hydroxylation is 1. The molecule has 0 aromatic heterocycles. The number of hydrogen-bond donors (Lipinski definition) is 0. The van der Waals surface area contributed by atoms with Crippen molar-refractivity contribution in [2.24, 2.45) is 5.92 Å². The zero-order valence-corrected chi connectivity index (χ0v) is 18.4. The third kappa shape index (κ3) is 8.28. The van der Waals surface area contributed by atoms with Gasteiger partial charge in [-0.3, -0.25) is 0 Å². The quantitative estimate of drug-likeness (QED) is 0.315. The van der Waals surface area contributed by atoms with Crippen LogP contribution in [-0.4, -0.2) is 6.61 Å². The van der Waals surface area contributed by atoms with E-state index >= 15 is 0 Å². The molecule has 1 aliphatic rings. The highest BCUT2D eigenvalue weighted by Crippen LogP contribution is 2.38. The number of unbranched alkanes of at least 4 members (excludes halogenated alkanes) is 7. The van der Waals surface area contributed by atoms with Gasteiger partial charge in [0.25, 0.3) is 0 Å². The van der Waals surface area contributed by atoms with Crippen molar-refractivity contribution in [3.8, 4) is 5.75 Å². The van der Waals surface area contributed by atoms with Gasteiger partial charge in [0, 0.05) is 0 Å². The zero-order chi connectivity index (χ0) is 19.3. The molecule has 0 bridgehead atoms. The lowest BCUT2D eigenvalue weighted by molar-refractivity contribution is 0.299. The summed E-state index contributed by atoms with van der Waals surface area (Å²) in [6.07, 6.45) is 19.5. The molecule has 27 heavy (non-hydrogen) atoms. The molecule has 1 saturated carbocycles. The zero-order valence-electron chi connectivity index (χ0n) is 18.4. The third-order valence-corrected chi connectivity index (χ3v) is 6.49. The summed E-state index contributed by atoms with van der Waals surface area (Å²) in [6.45, 7) is 7.56. The van der Waals surface area contributed by atoms with E-state index in [9.17, 15) is 0 Å². The Morgan fingerprint density at radius 1 is 0.815 bits per heavy atom. The molecule has 0 heterocycles. The molecule has 0 unspecified atom stereocenters. The molecule has 0 atom stereocenters. The van der Waals surface area contributed by atoms with Crippen LogP contribution >= 0.6 is 0 Å². The van der Waals surface area contributed by atoms with Gasteiger partial charge < -0.3 is 4.74 Å². The summed E-state index contributed by atoms with van der Waals surface area (Å²) in [5.74, 6) is 2.85. The lowest BCUT2D eigenvalue weighted by atomic mass is 9.77. The Hall–Kier alpha value is -0.980. The lowest BCUT2D eigenvalue weighted by Gasteiger charge is -2.29. The van der Waals surface area contributed by atoms with Crippen molar-refractivity contribution in [1.29, 1.82) is 0 Å². The lowest BCUT2D eigenvalue weighted by Crippen LogP contribution is -2.13. The average Bonchev–Trinajstić information content (AvgIpc) is 2.69. The SMILES string of the molecule is CCCCCCCCCC1CCC(c2ccc(OCCCC)c(C)c2)CC1. The summed E-state index contributed by atoms with van der Waals surface area (Å²) >= 11 is 0. The van der Waals surface area contributed by atoms with Crippen molar-refractivity contribution in [1.82, 2.24) is 0 Å². The number of ether oxygens (including phenoxy) is 1. The van der Waals surface area contributed by atoms with Crippen molar-refractivity contribution in [3.05, 3.63) is 29.3 Å². The summed E-state index contributed by atoms with van der Waals surface area (Å²) in [7, 11) is 0. The molecule has 1 aromatic rings. The van der Waals surface area contributed by atoms with Crippen LogP contribution in [0.3, 0.4) is 0 Å². The Morgan fingerprint density at radius 2 is 1.48 bits per heavy atom. The molecular formula is C26H44O. The van der Waals surface area contributed by atoms with Crippen LogP contribution in [0.2, 0.25) is 0 Å². The second-order valence-corrected chi connectivity index (χ2v) is 8.85. The molecule has 1 fully saturated rings. The van der Waals surface area contributed by atoms with E-state index < -0.39 is 0 Å². The van der Waals surface area contributed by atoms with Crippen LogP contribution < -0.4 is 4.74 Å². The van der Waals surface area contributed by atoms with Crippen LogP contribution in [-0.2, 0) is 0 Å². The summed E-state index contributed by atoms with van der Waals surface area (Å²) in [4.78, 5) is 0. The smallest absolute Gasteiger partial charge is 0.122 e. The van der Waals surface area contributed by atoms with E-state index in [-0.39, 0.29) is 0 Å². The van der Waals surface area contributed by atoms with Crippen LogP contribution in [0.15, 0.2) is 18.2 Å². The first kappa shape index (κ1) is 22.3. The first-order chi connectivity index (χ1) is 13.2. The summed E-state index contributed by atoms with van der Waals surface area (Å²) in [5.41, 5.74) is 2.86. The summed E-state index contributed by atoms with van der Waals surface area (Å²) < 4.78 is 5.92. The number of hydrogen-bond acceptors (Lipinski definition) is 1. The molecule has 1 heteroatoms. The molecule has 0 radical (unpaired) electrons. The maximum atomic E-state index is 5.92. The van der Waals surface area contributed by atoms with E-state index in [0.29, 0.717) is 0 Å². The fraction of sp³-hybridized carbons (Fsp3) is 0.769. The van der Waals surface area contributed by atoms with Crippen LogP contribution in [0.5, 0.6) is 5.75 Å². The normalized spacial score (nSPS) is 20.0. The minimum Gasteiger partial charge on any atom is -0.493 e. The van der Waals surface area contributed by atoms with Crippen molar-refractivity contribution in [2.75, 3.05) is 6.61 Å². The molecule has 0 aliphatic heterocycles. The van der Waals surface area contributed by atoms with E-state index in [1.807, 2.05) is 0 Å². The molecule has 0 spiro atoms. The van der Waals surface area contributed by atoms with Gasteiger partial charge in [-0.25, -0.2) is 0 Å². The van der Waals surface area contributed by atoms with Gasteiger partial charge in [0.15, 0.2) is 0 Å². The largest absolute Gasteiger partial charge is 0.493 e. The summed E-state index contributed by atoms with van der Waals surface area (Å²) in [5, 5.41) is 0. The van der Waals surface area contributed by atoms with Crippen molar-refractivity contribution < 1.29 is 4.74 Å². The highest BCUT2D eigenvalue weighted by molar-refractivity contribution is 5.37. The van der Waals surface area contributed by atoms with Crippen LogP contribution in [0.25, 0.3) is 0 Å². The van der Waals surface area contributed by atoms with Gasteiger partial charge in [-0.2, -0.15) is 0 Å². The minimum atomic E-state index is 0.777. The Balaban J connectivity index is 1.65. The Bertz CT molecular complexity index is 499. The molecule has 1 aromatic carbocycles. The van der Waals surface area contributed by atoms with Gasteiger partial charge in [-0.1, -0.05) is 83.8 Å². The first-order valence-corrected chi connectivity index (χ1v) is 12.0. The Kier molecular flexibility index (Phi) is 10.9. The minimum absolute atomic E-state index is 0.777. The van der Waals surface area contributed by atoms with Crippen molar-refractivity contribution in [2.45, 2.75) is 117 Å². The Labute approximate surface area is 169 Å². The second-order valence-electron chi connectivity index (χ2n) is 8.85. The maximum absolute atomic E-state index is 5.92. The topological polar surface area (TPSA) is 9.23 Å². The van der Waals surface area contributed by atoms with Gasteiger partial charge in [-0.15, -0.1) is 0 Å². The van der Waals surface area contributed by atoms with Crippen LogP contribution in [0.1, 0.15) is 121 Å². The van der Waals surface area contributed by atoms with Crippen molar-refractivity contribution in [3.63, 3.8) is 0 Å². The number of benzene rings is 1. The van der Waals surface area contributed by atoms with Gasteiger partial charge in [-0.05, 0) is 68.1 Å². The molecule has 0 N–H and O–H groups in total. The fourth-order valence-corrected chi connectivity index (χ4v) is 4.59. The van der Waals surface area contributed by atoms with E-state index in [1.54, 1.807) is 5.56 Å². The predicted octanol–water partition coefficient (Wildman–Crippen LogP) is 8.59. The van der Waals surface area contributed by atoms with E-state index in [1.165, 1.54) is 89.0 Å². The van der Waals surface area contributed by atoms with Crippen LogP contribution in [0, 0.1) is 12.8 Å². The number of rotatable bonds is 13. The molecule has 1 nitrogen and oxygen atoms in total. The van der Waals surface area contributed by atoms with E-state index in [4.69, 9.17) is 4.74 Å². The monoisotopic (exact) mass is 372 g/mol. The predicted molar refractivity (Wildman–Crippen MR) is 119 cm³/mol. The van der Waals surface area contributed by atoms with Gasteiger partial charge in [0.2, 0.25) is 0 Å². The highest BCUT2D eigenvalue weighted by atomic mass is 16.5. The molecule has 0 amide bonds. The maximum Gasteiger partial charge on any atom is 0.122 e. The Morgan fingerprint density at radius 3 is 2.15 bits per heavy atom. The van der Waals surface area contributed by atoms with E-state index in [0.717, 1.165) is 30.6 Å². The molecule has 0 saturated heterocycles. The highest BCUT2D eigenvalue weighted by Gasteiger charge is 2.22. The molecule has 1 aliphatic carbocycles. The van der Waals surface area contributed by atoms with Crippen molar-refractivity contribution >= 4 is 0 Å². The third-order valence-electron chi connectivity index (χ3n) is 6.49. The summed E-state index contributed by atoms with van der Waals surface area (Å²) in [6, 6.07) is 6.93. The fourth-order valence-electron chi connectivity index (χ4n) is 4.59. The first-order valence-electron chi connectivity index (χ1n) is 12.0. The average molecular weight is 373 g/mol. The standard InChI is InChI=1S/C26H44O/c1-4-6-8-9-10-11-12-13-23-14-16-24(17-15-23)25-18-19-26(22(3)21-25)27-20-7-5-2/h18-19,21,23-24H,4-17,20H2,1-3H3. The molecule has 2 rings (SSSR count). The second kappa shape index (κ2) is 13.2. The van der Waals surface area contributed by atoms with Crippen LogP contribution in [0.4, 0.5) is 0 Å². The van der Waals surface area contributed by atoms with Gasteiger partial charge >= 0.3 is 0 Å².